The second-order valence-corrected chi connectivity index (χ2v) is 2.12. The zero-order valence-electron chi connectivity index (χ0n) is 5.50. The Morgan fingerprint density at radius 1 is 1.00 bits per heavy atom. The van der Waals surface area contributed by atoms with E-state index in [1.54, 1.807) is 0 Å². The van der Waals surface area contributed by atoms with Crippen LogP contribution >= 0.6 is 0 Å². The molecule has 0 saturated heterocycles. The van der Waals surface area contributed by atoms with Gasteiger partial charge in [-0.1, -0.05) is 0 Å². The van der Waals surface area contributed by atoms with E-state index in [1.165, 1.54) is 0 Å². The summed E-state index contributed by atoms with van der Waals surface area (Å²) in [5, 5.41) is 17.0. The first-order chi connectivity index (χ1) is 4.13. The van der Waals surface area contributed by atoms with Crippen LogP contribution in [0.2, 0.25) is 0 Å². The first-order valence-electron chi connectivity index (χ1n) is 2.75. The number of hydrogen-bond acceptors (Lipinski definition) is 2. The largest absolute Gasteiger partial charge is 0.325 e. The molecule has 1 rings (SSSR count). The van der Waals surface area contributed by atoms with Crippen molar-refractivity contribution in [3.8, 4) is 0 Å². The summed E-state index contributed by atoms with van der Waals surface area (Å²) in [5.74, 6) is 0.718. The van der Waals surface area contributed by atoms with Gasteiger partial charge in [0.25, 0.3) is 0 Å². The molecule has 0 saturated carbocycles. The van der Waals surface area contributed by atoms with E-state index in [1.807, 2.05) is 13.8 Å². The predicted molar refractivity (Wildman–Crippen MR) is 37.0 cm³/mol. The summed E-state index contributed by atoms with van der Waals surface area (Å²) in [4.78, 5) is 0. The standard InChI is InChI=1S/C6H9N3/c1-3-4(2)6(8)9-5(3)7/h1-2H3,(H3,7,8,9). The molecule has 1 aliphatic rings. The molecule has 0 amide bonds. The van der Waals surface area contributed by atoms with Crippen LogP contribution in [0.15, 0.2) is 11.1 Å². The Morgan fingerprint density at radius 2 is 1.33 bits per heavy atom. The zero-order valence-corrected chi connectivity index (χ0v) is 5.50. The summed E-state index contributed by atoms with van der Waals surface area (Å²) in [5.41, 5.74) is 1.75. The Kier molecular flexibility index (Phi) is 1.12. The van der Waals surface area contributed by atoms with E-state index in [2.05, 4.69) is 5.32 Å². The van der Waals surface area contributed by atoms with Gasteiger partial charge in [-0.15, -0.1) is 0 Å². The van der Waals surface area contributed by atoms with Crippen LogP contribution in [0.1, 0.15) is 13.8 Å². The van der Waals surface area contributed by atoms with Crippen LogP contribution in [0.4, 0.5) is 0 Å². The topological polar surface area (TPSA) is 59.7 Å². The van der Waals surface area contributed by atoms with Crippen LogP contribution in [0.5, 0.6) is 0 Å². The lowest BCUT2D eigenvalue weighted by atomic mass is 10.2. The lowest BCUT2D eigenvalue weighted by Crippen LogP contribution is -2.21. The minimum absolute atomic E-state index is 0.359. The van der Waals surface area contributed by atoms with Gasteiger partial charge in [-0.25, -0.2) is 0 Å². The quantitative estimate of drug-likeness (QED) is 0.440. The van der Waals surface area contributed by atoms with Crippen molar-refractivity contribution in [3.05, 3.63) is 11.1 Å². The van der Waals surface area contributed by atoms with Crippen LogP contribution in [0.25, 0.3) is 0 Å². The summed E-state index contributed by atoms with van der Waals surface area (Å²) in [6, 6.07) is 0. The molecule has 0 aromatic carbocycles. The highest BCUT2D eigenvalue weighted by molar-refractivity contribution is 6.20. The summed E-state index contributed by atoms with van der Waals surface area (Å²) < 4.78 is 0. The Labute approximate surface area is 53.8 Å². The number of nitrogens with one attached hydrogen (secondary N) is 3. The molecule has 0 unspecified atom stereocenters. The molecule has 1 aliphatic heterocycles. The fourth-order valence-corrected chi connectivity index (χ4v) is 0.688. The smallest absolute Gasteiger partial charge is 0.126 e. The van der Waals surface area contributed by atoms with Gasteiger partial charge >= 0.3 is 0 Å². The highest BCUT2D eigenvalue weighted by Gasteiger charge is 2.16. The van der Waals surface area contributed by atoms with Crippen molar-refractivity contribution in [1.82, 2.24) is 5.32 Å². The number of amidine groups is 2. The van der Waals surface area contributed by atoms with E-state index in [9.17, 15) is 0 Å². The van der Waals surface area contributed by atoms with Gasteiger partial charge in [0.05, 0.1) is 0 Å². The normalized spacial score (nSPS) is 18.9. The molecule has 0 bridgehead atoms. The lowest BCUT2D eigenvalue weighted by Gasteiger charge is -1.92. The van der Waals surface area contributed by atoms with Crippen LogP contribution in [0, 0.1) is 10.8 Å². The van der Waals surface area contributed by atoms with Gasteiger partial charge < -0.3 is 5.32 Å². The minimum atomic E-state index is 0.359. The predicted octanol–water partition coefficient (Wildman–Crippen LogP) is 0.881. The molecule has 1 heterocycles. The molecule has 0 spiro atoms. The first kappa shape index (κ1) is 6.01. The summed E-state index contributed by atoms with van der Waals surface area (Å²) in [6.45, 7) is 3.68. The molecule has 0 atom stereocenters. The maximum atomic E-state index is 7.21. The second kappa shape index (κ2) is 1.69. The third-order valence-electron chi connectivity index (χ3n) is 1.56. The first-order valence-corrected chi connectivity index (χ1v) is 2.75. The van der Waals surface area contributed by atoms with Crippen molar-refractivity contribution in [3.63, 3.8) is 0 Å². The Morgan fingerprint density at radius 3 is 1.44 bits per heavy atom. The van der Waals surface area contributed by atoms with Gasteiger partial charge in [-0.3, -0.25) is 10.8 Å². The second-order valence-electron chi connectivity index (χ2n) is 2.12. The average molecular weight is 123 g/mol. The van der Waals surface area contributed by atoms with E-state index < -0.39 is 0 Å². The van der Waals surface area contributed by atoms with Crippen LogP contribution in [-0.2, 0) is 0 Å². The molecular weight excluding hydrogens is 114 g/mol. The third-order valence-corrected chi connectivity index (χ3v) is 1.56. The summed E-state index contributed by atoms with van der Waals surface area (Å²) >= 11 is 0. The molecule has 0 aliphatic carbocycles. The fraction of sp³-hybridized carbons (Fsp3) is 0.333. The monoisotopic (exact) mass is 123 g/mol. The van der Waals surface area contributed by atoms with Crippen molar-refractivity contribution in [2.24, 2.45) is 0 Å². The van der Waals surface area contributed by atoms with Gasteiger partial charge in [0.1, 0.15) is 11.7 Å². The number of hydrogen-bond donors (Lipinski definition) is 3. The van der Waals surface area contributed by atoms with E-state index in [4.69, 9.17) is 10.8 Å². The molecule has 0 fully saturated rings. The molecule has 3 nitrogen and oxygen atoms in total. The molecular formula is C6H9N3. The van der Waals surface area contributed by atoms with Crippen LogP contribution in [-0.4, -0.2) is 11.7 Å². The van der Waals surface area contributed by atoms with E-state index in [0.29, 0.717) is 11.7 Å². The Hall–Kier alpha value is -1.12. The maximum Gasteiger partial charge on any atom is 0.126 e. The SMILES string of the molecule is CC1=C(C)C(=N)NC1=N. The molecule has 9 heavy (non-hydrogen) atoms. The minimum Gasteiger partial charge on any atom is -0.325 e. The van der Waals surface area contributed by atoms with Gasteiger partial charge in [0, 0.05) is 0 Å². The van der Waals surface area contributed by atoms with E-state index in [-0.39, 0.29) is 0 Å². The van der Waals surface area contributed by atoms with Gasteiger partial charge in [0.2, 0.25) is 0 Å². The summed E-state index contributed by atoms with van der Waals surface area (Å²) in [6.07, 6.45) is 0. The lowest BCUT2D eigenvalue weighted by molar-refractivity contribution is 1.28. The average Bonchev–Trinajstić information content (AvgIpc) is 1.98. The zero-order chi connectivity index (χ0) is 7.02. The molecule has 0 aromatic rings. The molecule has 0 aromatic heterocycles. The van der Waals surface area contributed by atoms with Crippen LogP contribution in [0.3, 0.4) is 0 Å². The Bertz CT molecular complexity index is 190. The van der Waals surface area contributed by atoms with Crippen molar-refractivity contribution in [2.45, 2.75) is 13.8 Å². The maximum absolute atomic E-state index is 7.21. The van der Waals surface area contributed by atoms with Crippen molar-refractivity contribution in [1.29, 1.82) is 10.8 Å². The third kappa shape index (κ3) is 0.740. The van der Waals surface area contributed by atoms with Crippen molar-refractivity contribution in [2.75, 3.05) is 0 Å². The molecule has 3 heteroatoms. The Balaban J connectivity index is 3.06. The van der Waals surface area contributed by atoms with E-state index in [0.717, 1.165) is 11.1 Å². The highest BCUT2D eigenvalue weighted by atomic mass is 15.0. The highest BCUT2D eigenvalue weighted by Crippen LogP contribution is 2.09. The molecule has 3 N–H and O–H groups in total. The van der Waals surface area contributed by atoms with Crippen molar-refractivity contribution < 1.29 is 0 Å². The van der Waals surface area contributed by atoms with Gasteiger partial charge in [0.15, 0.2) is 0 Å². The fourth-order valence-electron chi connectivity index (χ4n) is 0.688. The number of rotatable bonds is 0. The van der Waals surface area contributed by atoms with Crippen LogP contribution < -0.4 is 5.32 Å². The molecule has 48 valence electrons. The van der Waals surface area contributed by atoms with Crippen molar-refractivity contribution >= 4 is 11.7 Å². The van der Waals surface area contributed by atoms with Gasteiger partial charge in [-0.2, -0.15) is 0 Å². The summed E-state index contributed by atoms with van der Waals surface area (Å²) in [7, 11) is 0. The molecule has 0 radical (unpaired) electrons. The van der Waals surface area contributed by atoms with Gasteiger partial charge in [-0.05, 0) is 25.0 Å². The van der Waals surface area contributed by atoms with E-state index >= 15 is 0 Å².